The van der Waals surface area contributed by atoms with Crippen molar-refractivity contribution in [1.82, 2.24) is 30.8 Å². The second-order valence-corrected chi connectivity index (χ2v) is 13.3. The van der Waals surface area contributed by atoms with Crippen molar-refractivity contribution < 1.29 is 19.2 Å². The van der Waals surface area contributed by atoms with E-state index >= 15 is 0 Å². The molecule has 0 radical (unpaired) electrons. The summed E-state index contributed by atoms with van der Waals surface area (Å²) in [4.78, 5) is 64.5. The predicted octanol–water partition coefficient (Wildman–Crippen LogP) is 4.60. The number of carbonyl (C=O) groups excluding carboxylic acids is 4. The molecule has 4 bridgehead atoms. The summed E-state index contributed by atoms with van der Waals surface area (Å²) in [6.07, 6.45) is 2.83. The van der Waals surface area contributed by atoms with Gasteiger partial charge in [0.2, 0.25) is 11.8 Å². The number of nitrogens with zero attached hydrogens (tertiary/aromatic N) is 3. The first-order valence-electron chi connectivity index (χ1n) is 15.0. The van der Waals surface area contributed by atoms with Gasteiger partial charge in [-0.05, 0) is 43.2 Å². The smallest absolute Gasteiger partial charge is 0.271 e. The molecular formula is C33H34N6O4S2. The lowest BCUT2D eigenvalue weighted by molar-refractivity contribution is -0.137. The zero-order valence-electron chi connectivity index (χ0n) is 24.8. The minimum absolute atomic E-state index is 0.119. The van der Waals surface area contributed by atoms with Crippen molar-refractivity contribution >= 4 is 46.3 Å². The van der Waals surface area contributed by atoms with Crippen LogP contribution in [0.3, 0.4) is 0 Å². The molecule has 1 aliphatic heterocycles. The number of hydrogen-bond donors (Lipinski definition) is 3. The van der Waals surface area contributed by atoms with Gasteiger partial charge in [0.1, 0.15) is 21.4 Å². The summed E-state index contributed by atoms with van der Waals surface area (Å²) in [6, 6.07) is 17.6. The van der Waals surface area contributed by atoms with Gasteiger partial charge in [-0.1, -0.05) is 60.7 Å². The Kier molecular flexibility index (Phi) is 9.31. The molecule has 2 aliphatic rings. The van der Waals surface area contributed by atoms with Crippen molar-refractivity contribution in [2.24, 2.45) is 5.92 Å². The molecule has 6 rings (SSSR count). The van der Waals surface area contributed by atoms with Gasteiger partial charge in [-0.2, -0.15) is 0 Å². The van der Waals surface area contributed by atoms with Gasteiger partial charge in [-0.3, -0.25) is 19.2 Å². The summed E-state index contributed by atoms with van der Waals surface area (Å²) < 4.78 is 0. The lowest BCUT2D eigenvalue weighted by atomic mass is 10.1. The number of rotatable bonds is 5. The SMILES string of the molecule is C[C@@H]1NC(=O)CN(C(=O)CC2CC2)C[C@@H](c2ccccc2)NC(=O)c2csc(n2)[C@@H](Cc2ccccc2)NC(=O)c2csc1n2. The fraction of sp³-hybridized carbons (Fsp3) is 0.333. The van der Waals surface area contributed by atoms with Crippen molar-refractivity contribution in [3.05, 3.63) is 104 Å². The molecule has 1 aliphatic carbocycles. The zero-order valence-corrected chi connectivity index (χ0v) is 26.4. The Morgan fingerprint density at radius 3 is 2.16 bits per heavy atom. The second kappa shape index (κ2) is 13.7. The third-order valence-corrected chi connectivity index (χ3v) is 9.89. The Labute approximate surface area is 269 Å². The van der Waals surface area contributed by atoms with Gasteiger partial charge in [0.25, 0.3) is 11.8 Å². The molecule has 12 heteroatoms. The van der Waals surface area contributed by atoms with Crippen molar-refractivity contribution in [3.8, 4) is 0 Å². The predicted molar refractivity (Wildman–Crippen MR) is 172 cm³/mol. The number of thiazole rings is 2. The van der Waals surface area contributed by atoms with Crippen molar-refractivity contribution in [2.75, 3.05) is 13.1 Å². The van der Waals surface area contributed by atoms with Crippen LogP contribution in [-0.2, 0) is 16.0 Å². The van der Waals surface area contributed by atoms with Gasteiger partial charge in [-0.25, -0.2) is 9.97 Å². The first kappa shape index (κ1) is 30.6. The Morgan fingerprint density at radius 1 is 0.844 bits per heavy atom. The van der Waals surface area contributed by atoms with Gasteiger partial charge < -0.3 is 20.9 Å². The van der Waals surface area contributed by atoms with Gasteiger partial charge in [0.15, 0.2) is 0 Å². The van der Waals surface area contributed by atoms with Crippen LogP contribution in [0.5, 0.6) is 0 Å². The van der Waals surface area contributed by atoms with Crippen LogP contribution in [0.2, 0.25) is 0 Å². The van der Waals surface area contributed by atoms with Crippen LogP contribution in [0.4, 0.5) is 0 Å². The van der Waals surface area contributed by atoms with E-state index in [0.29, 0.717) is 28.8 Å². The lowest BCUT2D eigenvalue weighted by Crippen LogP contribution is -2.46. The number of benzene rings is 2. The minimum atomic E-state index is -0.586. The van der Waals surface area contributed by atoms with E-state index in [0.717, 1.165) is 24.0 Å². The highest BCUT2D eigenvalue weighted by Crippen LogP contribution is 2.33. The molecule has 45 heavy (non-hydrogen) atoms. The van der Waals surface area contributed by atoms with E-state index in [1.54, 1.807) is 17.7 Å². The van der Waals surface area contributed by atoms with Crippen LogP contribution in [0.25, 0.3) is 0 Å². The number of carbonyl (C=O) groups is 4. The van der Waals surface area contributed by atoms with E-state index < -0.39 is 24.0 Å². The molecule has 0 spiro atoms. The topological polar surface area (TPSA) is 133 Å². The highest BCUT2D eigenvalue weighted by molar-refractivity contribution is 7.10. The first-order valence-corrected chi connectivity index (χ1v) is 16.8. The summed E-state index contributed by atoms with van der Waals surface area (Å²) in [5.74, 6) is -0.930. The molecule has 10 nitrogen and oxygen atoms in total. The molecule has 232 valence electrons. The van der Waals surface area contributed by atoms with Crippen molar-refractivity contribution in [2.45, 2.75) is 50.7 Å². The van der Waals surface area contributed by atoms with Crippen molar-refractivity contribution in [1.29, 1.82) is 0 Å². The number of amides is 4. The van der Waals surface area contributed by atoms with E-state index in [-0.39, 0.29) is 42.2 Å². The number of aromatic nitrogens is 2. The van der Waals surface area contributed by atoms with Crippen LogP contribution < -0.4 is 16.0 Å². The fourth-order valence-corrected chi connectivity index (χ4v) is 6.93. The van der Waals surface area contributed by atoms with Crippen LogP contribution >= 0.6 is 22.7 Å². The average Bonchev–Trinajstić information content (AvgIpc) is 3.49. The van der Waals surface area contributed by atoms with Crippen LogP contribution in [0, 0.1) is 5.92 Å². The number of fused-ring (bicyclic) bond motifs is 4. The van der Waals surface area contributed by atoms with Gasteiger partial charge in [0.05, 0.1) is 24.7 Å². The third kappa shape index (κ3) is 7.81. The number of nitrogens with one attached hydrogen (secondary N) is 3. The summed E-state index contributed by atoms with van der Waals surface area (Å²) in [6.45, 7) is 1.75. The van der Waals surface area contributed by atoms with Crippen LogP contribution in [0.15, 0.2) is 71.4 Å². The number of hydrogen-bond acceptors (Lipinski definition) is 8. The molecule has 1 saturated carbocycles. The summed E-state index contributed by atoms with van der Waals surface area (Å²) in [5, 5.41) is 13.6. The fourth-order valence-electron chi connectivity index (χ4n) is 5.27. The maximum absolute atomic E-state index is 13.7. The van der Waals surface area contributed by atoms with E-state index in [2.05, 4.69) is 25.9 Å². The molecule has 0 unspecified atom stereocenters. The molecule has 3 heterocycles. The average molecular weight is 643 g/mol. The maximum Gasteiger partial charge on any atom is 0.271 e. The summed E-state index contributed by atoms with van der Waals surface area (Å²) in [7, 11) is 0. The largest absolute Gasteiger partial charge is 0.346 e. The molecule has 0 saturated heterocycles. The molecule has 3 atom stereocenters. The molecule has 4 amide bonds. The quantitative estimate of drug-likeness (QED) is 0.291. The third-order valence-electron chi connectivity index (χ3n) is 7.90. The van der Waals surface area contributed by atoms with E-state index in [4.69, 9.17) is 0 Å². The minimum Gasteiger partial charge on any atom is -0.346 e. The van der Waals surface area contributed by atoms with E-state index in [1.165, 1.54) is 27.6 Å². The highest BCUT2D eigenvalue weighted by atomic mass is 32.1. The van der Waals surface area contributed by atoms with Crippen LogP contribution in [-0.4, -0.2) is 51.6 Å². The monoisotopic (exact) mass is 642 g/mol. The Balaban J connectivity index is 1.35. The molecule has 3 N–H and O–H groups in total. The molecule has 1 fully saturated rings. The van der Waals surface area contributed by atoms with E-state index in [9.17, 15) is 19.2 Å². The summed E-state index contributed by atoms with van der Waals surface area (Å²) in [5.41, 5.74) is 2.25. The van der Waals surface area contributed by atoms with E-state index in [1.807, 2.05) is 60.7 Å². The first-order chi connectivity index (χ1) is 21.8. The molecule has 2 aromatic heterocycles. The normalized spacial score (nSPS) is 21.2. The molecule has 2 aromatic carbocycles. The molecular weight excluding hydrogens is 609 g/mol. The summed E-state index contributed by atoms with van der Waals surface area (Å²) >= 11 is 2.58. The van der Waals surface area contributed by atoms with Gasteiger partial charge >= 0.3 is 0 Å². The van der Waals surface area contributed by atoms with Gasteiger partial charge in [0, 0.05) is 23.7 Å². The standard InChI is InChI=1S/C33H34N6O4S2/c1-20-32-37-26(18-44-32)30(42)35-24(14-21-8-4-2-5-9-21)33-38-27(19-45-33)31(43)36-25(23-10-6-3-7-11-23)16-39(17-28(40)34-20)29(41)15-22-12-13-22/h2-11,18-20,22,24-25H,12-17H2,1H3,(H,34,40)(H,35,42)(H,36,43)/t20-,24+,25-/m0/s1. The highest BCUT2D eigenvalue weighted by Gasteiger charge is 2.31. The van der Waals surface area contributed by atoms with Crippen LogP contribution in [0.1, 0.15) is 86.4 Å². The zero-order chi connectivity index (χ0) is 31.3. The van der Waals surface area contributed by atoms with Gasteiger partial charge in [-0.15, -0.1) is 22.7 Å². The lowest BCUT2D eigenvalue weighted by Gasteiger charge is -2.29. The Hall–Kier alpha value is -4.42. The Morgan fingerprint density at radius 2 is 1.47 bits per heavy atom. The second-order valence-electron chi connectivity index (χ2n) is 11.5. The Bertz CT molecular complexity index is 1670. The van der Waals surface area contributed by atoms with Crippen molar-refractivity contribution in [3.63, 3.8) is 0 Å². The molecule has 4 aromatic rings. The maximum atomic E-state index is 13.7.